The lowest BCUT2D eigenvalue weighted by molar-refractivity contribution is -0.0846. The van der Waals surface area contributed by atoms with Crippen molar-refractivity contribution in [3.8, 4) is 0 Å². The molecule has 150 valence electrons. The van der Waals surface area contributed by atoms with Crippen molar-refractivity contribution in [3.63, 3.8) is 0 Å². The van der Waals surface area contributed by atoms with Crippen LogP contribution in [0.3, 0.4) is 0 Å². The number of carbonyl (C=O) groups excluding carboxylic acids is 1. The van der Waals surface area contributed by atoms with Crippen LogP contribution in [0.5, 0.6) is 0 Å². The molecule has 2 saturated heterocycles. The second-order valence-electron chi connectivity index (χ2n) is 7.87. The maximum atomic E-state index is 14.1. The Bertz CT molecular complexity index is 1020. The highest BCUT2D eigenvalue weighted by Crippen LogP contribution is 2.30. The fraction of sp³-hybridized carbons (Fsp3) is 0.364. The van der Waals surface area contributed by atoms with Gasteiger partial charge >= 0.3 is 0 Å². The van der Waals surface area contributed by atoms with Gasteiger partial charge in [-0.25, -0.2) is 4.39 Å². The molecular weight excluding hydrogens is 371 g/mol. The van der Waals surface area contributed by atoms with Gasteiger partial charge in [0.15, 0.2) is 5.69 Å². The SMILES string of the molecule is O=C(N[C@H]1C[C@H]2COC[C@@H](C1)N2Cc1ccccc1F)c1n[nH]c2ccccc12. The Morgan fingerprint density at radius 1 is 1.14 bits per heavy atom. The fourth-order valence-electron chi connectivity index (χ4n) is 4.58. The van der Waals surface area contributed by atoms with E-state index in [1.54, 1.807) is 6.07 Å². The van der Waals surface area contributed by atoms with Crippen molar-refractivity contribution in [2.75, 3.05) is 13.2 Å². The Hall–Kier alpha value is -2.77. The van der Waals surface area contributed by atoms with Gasteiger partial charge in [-0.15, -0.1) is 0 Å². The molecule has 0 unspecified atom stereocenters. The number of nitrogens with one attached hydrogen (secondary N) is 2. The summed E-state index contributed by atoms with van der Waals surface area (Å²) in [6, 6.07) is 14.9. The van der Waals surface area contributed by atoms with Gasteiger partial charge in [-0.2, -0.15) is 5.10 Å². The molecule has 5 rings (SSSR count). The number of nitrogens with zero attached hydrogens (tertiary/aromatic N) is 2. The number of aromatic nitrogens is 2. The van der Waals surface area contributed by atoms with Crippen LogP contribution >= 0.6 is 0 Å². The van der Waals surface area contributed by atoms with E-state index in [9.17, 15) is 9.18 Å². The van der Waals surface area contributed by atoms with Gasteiger partial charge in [0.1, 0.15) is 5.82 Å². The molecule has 3 atom stereocenters. The molecule has 2 bridgehead atoms. The number of benzene rings is 2. The molecular formula is C22H23FN4O2. The van der Waals surface area contributed by atoms with Crippen molar-refractivity contribution < 1.29 is 13.9 Å². The Kier molecular flexibility index (Phi) is 4.77. The first kappa shape index (κ1) is 18.3. The van der Waals surface area contributed by atoms with Crippen molar-refractivity contribution in [3.05, 3.63) is 65.6 Å². The molecule has 3 heterocycles. The number of amides is 1. The molecule has 3 aromatic rings. The first-order valence-electron chi connectivity index (χ1n) is 10.00. The molecule has 29 heavy (non-hydrogen) atoms. The molecule has 2 fully saturated rings. The number of para-hydroxylation sites is 1. The van der Waals surface area contributed by atoms with Crippen molar-refractivity contribution >= 4 is 16.8 Å². The van der Waals surface area contributed by atoms with E-state index in [-0.39, 0.29) is 29.8 Å². The van der Waals surface area contributed by atoms with E-state index in [4.69, 9.17) is 4.74 Å². The summed E-state index contributed by atoms with van der Waals surface area (Å²) < 4.78 is 19.9. The lowest BCUT2D eigenvalue weighted by atomic mass is 9.89. The summed E-state index contributed by atoms with van der Waals surface area (Å²) in [6.45, 7) is 1.77. The molecule has 1 aromatic heterocycles. The lowest BCUT2D eigenvalue weighted by Crippen LogP contribution is -2.60. The molecule has 0 spiro atoms. The topological polar surface area (TPSA) is 70.2 Å². The number of ether oxygens (including phenoxy) is 1. The third-order valence-corrected chi connectivity index (χ3v) is 6.00. The molecule has 2 aliphatic heterocycles. The van der Waals surface area contributed by atoms with Crippen molar-refractivity contribution in [2.45, 2.75) is 37.5 Å². The molecule has 1 amide bonds. The van der Waals surface area contributed by atoms with E-state index in [0.717, 1.165) is 23.7 Å². The lowest BCUT2D eigenvalue weighted by Gasteiger charge is -2.48. The van der Waals surface area contributed by atoms with Crippen LogP contribution in [0.15, 0.2) is 48.5 Å². The summed E-state index contributed by atoms with van der Waals surface area (Å²) in [5.74, 6) is -0.332. The Labute approximate surface area is 168 Å². The summed E-state index contributed by atoms with van der Waals surface area (Å²) >= 11 is 0. The van der Waals surface area contributed by atoms with Crippen LogP contribution in [0.4, 0.5) is 4.39 Å². The van der Waals surface area contributed by atoms with E-state index in [2.05, 4.69) is 20.4 Å². The summed E-state index contributed by atoms with van der Waals surface area (Å²) in [7, 11) is 0. The summed E-state index contributed by atoms with van der Waals surface area (Å²) in [6.07, 6.45) is 1.55. The quantitative estimate of drug-likeness (QED) is 0.714. The zero-order chi connectivity index (χ0) is 19.8. The fourth-order valence-corrected chi connectivity index (χ4v) is 4.58. The predicted octanol–water partition coefficient (Wildman–Crippen LogP) is 2.86. The predicted molar refractivity (Wildman–Crippen MR) is 107 cm³/mol. The van der Waals surface area contributed by atoms with E-state index in [1.165, 1.54) is 6.07 Å². The zero-order valence-corrected chi connectivity index (χ0v) is 16.0. The standard InChI is InChI=1S/C22H23FN4O2/c23-19-7-3-1-5-14(19)11-27-16-9-15(10-17(27)13-29-12-16)24-22(28)21-18-6-2-4-8-20(18)25-26-21/h1-8,15-17H,9-13H2,(H,24,28)(H,25,26)/t15-,16-,17+. The van der Waals surface area contributed by atoms with Crippen LogP contribution in [0.1, 0.15) is 28.9 Å². The maximum absolute atomic E-state index is 14.1. The van der Waals surface area contributed by atoms with Crippen LogP contribution in [-0.2, 0) is 11.3 Å². The molecule has 2 N–H and O–H groups in total. The van der Waals surface area contributed by atoms with Gasteiger partial charge in [0.25, 0.3) is 5.91 Å². The third kappa shape index (κ3) is 3.52. The van der Waals surface area contributed by atoms with Gasteiger partial charge in [0, 0.05) is 35.6 Å². The number of morpholine rings is 1. The molecule has 0 saturated carbocycles. The summed E-state index contributed by atoms with van der Waals surface area (Å²) in [5.41, 5.74) is 1.98. The molecule has 2 aromatic carbocycles. The van der Waals surface area contributed by atoms with E-state index >= 15 is 0 Å². The van der Waals surface area contributed by atoms with Gasteiger partial charge in [-0.05, 0) is 25.0 Å². The summed E-state index contributed by atoms with van der Waals surface area (Å²) in [4.78, 5) is 15.2. The molecule has 7 heteroatoms. The smallest absolute Gasteiger partial charge is 0.272 e. The number of aromatic amines is 1. The Morgan fingerprint density at radius 2 is 1.86 bits per heavy atom. The first-order chi connectivity index (χ1) is 14.2. The van der Waals surface area contributed by atoms with Crippen LogP contribution in [0.25, 0.3) is 10.9 Å². The number of piperidine rings is 1. The molecule has 2 aliphatic rings. The number of hydrogen-bond donors (Lipinski definition) is 2. The van der Waals surface area contributed by atoms with Gasteiger partial charge in [0.2, 0.25) is 0 Å². The van der Waals surface area contributed by atoms with Crippen molar-refractivity contribution in [2.24, 2.45) is 0 Å². The molecule has 6 nitrogen and oxygen atoms in total. The largest absolute Gasteiger partial charge is 0.378 e. The van der Waals surface area contributed by atoms with Gasteiger partial charge < -0.3 is 10.1 Å². The molecule has 0 radical (unpaired) electrons. The number of carbonyl (C=O) groups is 1. The van der Waals surface area contributed by atoms with E-state index < -0.39 is 0 Å². The minimum absolute atomic E-state index is 0.0498. The number of H-pyrrole nitrogens is 1. The van der Waals surface area contributed by atoms with Crippen LogP contribution in [-0.4, -0.2) is 52.3 Å². The van der Waals surface area contributed by atoms with Gasteiger partial charge in [-0.3, -0.25) is 14.8 Å². The minimum atomic E-state index is -0.174. The highest BCUT2D eigenvalue weighted by Gasteiger charge is 2.39. The highest BCUT2D eigenvalue weighted by molar-refractivity contribution is 6.04. The second-order valence-corrected chi connectivity index (χ2v) is 7.87. The van der Waals surface area contributed by atoms with Gasteiger partial charge in [0.05, 0.1) is 18.7 Å². The van der Waals surface area contributed by atoms with Crippen LogP contribution in [0.2, 0.25) is 0 Å². The number of hydrogen-bond acceptors (Lipinski definition) is 4. The van der Waals surface area contributed by atoms with Gasteiger partial charge in [-0.1, -0.05) is 36.4 Å². The van der Waals surface area contributed by atoms with E-state index in [1.807, 2.05) is 36.4 Å². The zero-order valence-electron chi connectivity index (χ0n) is 16.0. The Morgan fingerprint density at radius 3 is 2.66 bits per heavy atom. The average Bonchev–Trinajstić information content (AvgIpc) is 3.14. The normalized spacial score (nSPS) is 24.5. The molecule has 0 aliphatic carbocycles. The maximum Gasteiger partial charge on any atom is 0.272 e. The number of halogens is 1. The minimum Gasteiger partial charge on any atom is -0.378 e. The van der Waals surface area contributed by atoms with E-state index in [0.29, 0.717) is 31.0 Å². The second kappa shape index (κ2) is 7.57. The number of fused-ring (bicyclic) bond motifs is 3. The van der Waals surface area contributed by atoms with Crippen LogP contribution in [0, 0.1) is 5.82 Å². The van der Waals surface area contributed by atoms with Crippen molar-refractivity contribution in [1.82, 2.24) is 20.4 Å². The third-order valence-electron chi connectivity index (χ3n) is 6.00. The number of rotatable bonds is 4. The average molecular weight is 394 g/mol. The Balaban J connectivity index is 1.29. The van der Waals surface area contributed by atoms with Crippen molar-refractivity contribution in [1.29, 1.82) is 0 Å². The summed E-state index contributed by atoms with van der Waals surface area (Å²) in [5, 5.41) is 11.1. The monoisotopic (exact) mass is 394 g/mol. The highest BCUT2D eigenvalue weighted by atomic mass is 19.1. The first-order valence-corrected chi connectivity index (χ1v) is 10.00. The van der Waals surface area contributed by atoms with Crippen LogP contribution < -0.4 is 5.32 Å².